The van der Waals surface area contributed by atoms with Gasteiger partial charge in [-0.25, -0.2) is 0 Å². The lowest BCUT2D eigenvalue weighted by molar-refractivity contribution is -0.119. The monoisotopic (exact) mass is 246 g/mol. The molecule has 1 heterocycles. The molecule has 1 aliphatic rings. The number of carbonyl (C=O) groups is 1. The molecule has 1 fully saturated rings. The van der Waals surface area contributed by atoms with Crippen LogP contribution in [-0.2, 0) is 11.3 Å². The lowest BCUT2D eigenvalue weighted by Gasteiger charge is -2.27. The van der Waals surface area contributed by atoms with E-state index in [9.17, 15) is 4.79 Å². The zero-order chi connectivity index (χ0) is 13.0. The molecule has 1 aromatic carbocycles. The van der Waals surface area contributed by atoms with Gasteiger partial charge in [0, 0.05) is 31.2 Å². The normalized spacial score (nSPS) is 16.4. The summed E-state index contributed by atoms with van der Waals surface area (Å²) >= 11 is 0. The first-order valence-corrected chi connectivity index (χ1v) is 6.79. The van der Waals surface area contributed by atoms with E-state index in [1.54, 1.807) is 0 Å². The molecule has 18 heavy (non-hydrogen) atoms. The van der Waals surface area contributed by atoms with E-state index < -0.39 is 0 Å². The van der Waals surface area contributed by atoms with Crippen LogP contribution in [0.2, 0.25) is 0 Å². The third-order valence-electron chi connectivity index (χ3n) is 3.26. The smallest absolute Gasteiger partial charge is 0.226 e. The Hall–Kier alpha value is -1.35. The molecule has 0 aliphatic carbocycles. The second-order valence-electron chi connectivity index (χ2n) is 5.21. The van der Waals surface area contributed by atoms with Gasteiger partial charge in [0.25, 0.3) is 0 Å². The average Bonchev–Trinajstić information content (AvgIpc) is 2.37. The molecular formula is C15H22N2O. The zero-order valence-electron chi connectivity index (χ0n) is 11.3. The molecule has 1 aliphatic heterocycles. The summed E-state index contributed by atoms with van der Waals surface area (Å²) in [5.41, 5.74) is 2.28. The minimum absolute atomic E-state index is 0.259. The minimum atomic E-state index is 0.259. The quantitative estimate of drug-likeness (QED) is 0.886. The van der Waals surface area contributed by atoms with Crippen molar-refractivity contribution in [2.45, 2.75) is 45.7 Å². The first-order chi connectivity index (χ1) is 8.66. The summed E-state index contributed by atoms with van der Waals surface area (Å²) in [5, 5.41) is 3.40. The molecule has 1 N–H and O–H groups in total. The molecule has 98 valence electrons. The van der Waals surface area contributed by atoms with Crippen LogP contribution in [0.5, 0.6) is 0 Å². The summed E-state index contributed by atoms with van der Waals surface area (Å²) in [6, 6.07) is 8.77. The van der Waals surface area contributed by atoms with Gasteiger partial charge in [-0.1, -0.05) is 26.0 Å². The summed E-state index contributed by atoms with van der Waals surface area (Å²) in [6.07, 6.45) is 2.83. The number of piperidine rings is 1. The van der Waals surface area contributed by atoms with Crippen LogP contribution in [0.25, 0.3) is 0 Å². The van der Waals surface area contributed by atoms with E-state index in [1.165, 1.54) is 5.56 Å². The number of benzene rings is 1. The first kappa shape index (κ1) is 13.1. The standard InChI is InChI=1S/C15H22N2O/c1-12(2)16-11-13-6-5-7-14(10-13)17-9-4-3-8-15(17)18/h5-7,10,12,16H,3-4,8-9,11H2,1-2H3. The maximum Gasteiger partial charge on any atom is 0.226 e. The van der Waals surface area contributed by atoms with Crippen molar-refractivity contribution in [2.24, 2.45) is 0 Å². The summed E-state index contributed by atoms with van der Waals surface area (Å²) in [7, 11) is 0. The van der Waals surface area contributed by atoms with Gasteiger partial charge in [-0.2, -0.15) is 0 Å². The largest absolute Gasteiger partial charge is 0.312 e. The van der Waals surface area contributed by atoms with Crippen molar-refractivity contribution < 1.29 is 4.79 Å². The highest BCUT2D eigenvalue weighted by atomic mass is 16.2. The van der Waals surface area contributed by atoms with E-state index in [1.807, 2.05) is 17.0 Å². The molecule has 0 unspecified atom stereocenters. The lowest BCUT2D eigenvalue weighted by Crippen LogP contribution is -2.35. The van der Waals surface area contributed by atoms with E-state index in [0.717, 1.165) is 31.6 Å². The van der Waals surface area contributed by atoms with Crippen molar-refractivity contribution in [3.63, 3.8) is 0 Å². The predicted octanol–water partition coefficient (Wildman–Crippen LogP) is 2.70. The molecule has 0 saturated carbocycles. The molecular weight excluding hydrogens is 224 g/mol. The Labute approximate surface area is 109 Å². The Morgan fingerprint density at radius 3 is 2.89 bits per heavy atom. The summed E-state index contributed by atoms with van der Waals surface area (Å²) in [6.45, 7) is 5.99. The van der Waals surface area contributed by atoms with Crippen molar-refractivity contribution in [2.75, 3.05) is 11.4 Å². The molecule has 0 atom stereocenters. The molecule has 3 nitrogen and oxygen atoms in total. The van der Waals surface area contributed by atoms with Gasteiger partial charge in [-0.15, -0.1) is 0 Å². The molecule has 0 radical (unpaired) electrons. The van der Waals surface area contributed by atoms with Gasteiger partial charge >= 0.3 is 0 Å². The van der Waals surface area contributed by atoms with Crippen LogP contribution >= 0.6 is 0 Å². The van der Waals surface area contributed by atoms with Crippen molar-refractivity contribution in [3.05, 3.63) is 29.8 Å². The number of nitrogens with zero attached hydrogens (tertiary/aromatic N) is 1. The van der Waals surface area contributed by atoms with Gasteiger partial charge in [0.05, 0.1) is 0 Å². The zero-order valence-corrected chi connectivity index (χ0v) is 11.3. The van der Waals surface area contributed by atoms with Gasteiger partial charge in [0.1, 0.15) is 0 Å². The Balaban J connectivity index is 2.08. The highest BCUT2D eigenvalue weighted by molar-refractivity contribution is 5.94. The fraction of sp³-hybridized carbons (Fsp3) is 0.533. The number of amides is 1. The molecule has 2 rings (SSSR count). The average molecular weight is 246 g/mol. The summed E-state index contributed by atoms with van der Waals surface area (Å²) in [4.78, 5) is 13.8. The Kier molecular flexibility index (Phi) is 4.37. The van der Waals surface area contributed by atoms with Crippen LogP contribution in [0.1, 0.15) is 38.7 Å². The Morgan fingerprint density at radius 2 is 2.17 bits per heavy atom. The Bertz CT molecular complexity index is 415. The van der Waals surface area contributed by atoms with Crippen LogP contribution in [0.15, 0.2) is 24.3 Å². The highest BCUT2D eigenvalue weighted by Gasteiger charge is 2.19. The lowest BCUT2D eigenvalue weighted by atomic mass is 10.1. The second kappa shape index (κ2) is 6.01. The van der Waals surface area contributed by atoms with Gasteiger partial charge in [0.2, 0.25) is 5.91 Å². The van der Waals surface area contributed by atoms with Crippen molar-refractivity contribution in [1.29, 1.82) is 0 Å². The fourth-order valence-electron chi connectivity index (χ4n) is 2.24. The molecule has 1 aromatic rings. The maximum absolute atomic E-state index is 11.9. The summed E-state index contributed by atoms with van der Waals surface area (Å²) in [5.74, 6) is 0.259. The van der Waals surface area contributed by atoms with E-state index in [-0.39, 0.29) is 5.91 Å². The number of hydrogen-bond acceptors (Lipinski definition) is 2. The maximum atomic E-state index is 11.9. The number of rotatable bonds is 4. The number of anilines is 1. The van der Waals surface area contributed by atoms with E-state index in [0.29, 0.717) is 12.5 Å². The minimum Gasteiger partial charge on any atom is -0.312 e. The van der Waals surface area contributed by atoms with Gasteiger partial charge in [0.15, 0.2) is 0 Å². The van der Waals surface area contributed by atoms with Gasteiger partial charge in [-0.05, 0) is 30.5 Å². The molecule has 1 amide bonds. The molecule has 0 bridgehead atoms. The number of hydrogen-bond donors (Lipinski definition) is 1. The highest BCUT2D eigenvalue weighted by Crippen LogP contribution is 2.21. The fourth-order valence-corrected chi connectivity index (χ4v) is 2.24. The number of carbonyl (C=O) groups excluding carboxylic acids is 1. The van der Waals surface area contributed by atoms with Crippen LogP contribution in [0.3, 0.4) is 0 Å². The second-order valence-corrected chi connectivity index (χ2v) is 5.21. The van der Waals surface area contributed by atoms with Gasteiger partial charge in [-0.3, -0.25) is 4.79 Å². The number of nitrogens with one attached hydrogen (secondary N) is 1. The SMILES string of the molecule is CC(C)NCc1cccc(N2CCCCC2=O)c1. The molecule has 1 saturated heterocycles. The first-order valence-electron chi connectivity index (χ1n) is 6.79. The van der Waals surface area contributed by atoms with Crippen molar-refractivity contribution >= 4 is 11.6 Å². The van der Waals surface area contributed by atoms with Crippen LogP contribution in [0, 0.1) is 0 Å². The topological polar surface area (TPSA) is 32.3 Å². The Morgan fingerprint density at radius 1 is 1.33 bits per heavy atom. The molecule has 0 spiro atoms. The predicted molar refractivity (Wildman–Crippen MR) is 74.6 cm³/mol. The summed E-state index contributed by atoms with van der Waals surface area (Å²) < 4.78 is 0. The van der Waals surface area contributed by atoms with Crippen LogP contribution in [0.4, 0.5) is 5.69 Å². The third-order valence-corrected chi connectivity index (χ3v) is 3.26. The van der Waals surface area contributed by atoms with Crippen LogP contribution < -0.4 is 10.2 Å². The van der Waals surface area contributed by atoms with Crippen LogP contribution in [-0.4, -0.2) is 18.5 Å². The molecule has 3 heteroatoms. The van der Waals surface area contributed by atoms with Crippen molar-refractivity contribution in [3.8, 4) is 0 Å². The van der Waals surface area contributed by atoms with Gasteiger partial charge < -0.3 is 10.2 Å². The molecule has 0 aromatic heterocycles. The third kappa shape index (κ3) is 3.33. The van der Waals surface area contributed by atoms with E-state index >= 15 is 0 Å². The van der Waals surface area contributed by atoms with Crippen molar-refractivity contribution in [1.82, 2.24) is 5.32 Å². The van der Waals surface area contributed by atoms with E-state index in [2.05, 4.69) is 31.3 Å². The van der Waals surface area contributed by atoms with E-state index in [4.69, 9.17) is 0 Å².